The summed E-state index contributed by atoms with van der Waals surface area (Å²) in [7, 11) is 0. The number of rotatable bonds is 3. The van der Waals surface area contributed by atoms with Gasteiger partial charge in [0.1, 0.15) is 5.82 Å². The molecule has 0 bridgehead atoms. The Kier molecular flexibility index (Phi) is 3.12. The summed E-state index contributed by atoms with van der Waals surface area (Å²) in [5, 5.41) is 3.22. The van der Waals surface area contributed by atoms with Gasteiger partial charge >= 0.3 is 0 Å². The van der Waals surface area contributed by atoms with Crippen molar-refractivity contribution in [3.63, 3.8) is 0 Å². The second-order valence-corrected chi connectivity index (χ2v) is 3.66. The van der Waals surface area contributed by atoms with Crippen LogP contribution in [0.1, 0.15) is 19.4 Å². The number of hydrogen-bond donors (Lipinski definition) is 2. The topological polar surface area (TPSA) is 50.9 Å². The first-order valence-corrected chi connectivity index (χ1v) is 4.56. The van der Waals surface area contributed by atoms with Crippen LogP contribution >= 0.6 is 0 Å². The van der Waals surface area contributed by atoms with Gasteiger partial charge in [-0.1, -0.05) is 13.8 Å². The number of nitrogens with zero attached hydrogens (tertiary/aromatic N) is 1. The van der Waals surface area contributed by atoms with Crippen molar-refractivity contribution in [2.75, 3.05) is 17.6 Å². The molecule has 1 rings (SSSR count). The summed E-state index contributed by atoms with van der Waals surface area (Å²) < 4.78 is 0. The molecule has 0 unspecified atom stereocenters. The van der Waals surface area contributed by atoms with Gasteiger partial charge in [0.15, 0.2) is 0 Å². The van der Waals surface area contributed by atoms with E-state index < -0.39 is 0 Å². The molecule has 1 heterocycles. The SMILES string of the molecule is Cc1ccnc(NCC(C)C)c1N. The summed E-state index contributed by atoms with van der Waals surface area (Å²) in [6.07, 6.45) is 1.77. The normalized spacial score (nSPS) is 10.5. The van der Waals surface area contributed by atoms with Crippen molar-refractivity contribution in [3.05, 3.63) is 17.8 Å². The summed E-state index contributed by atoms with van der Waals surface area (Å²) in [4.78, 5) is 4.17. The van der Waals surface area contributed by atoms with Gasteiger partial charge in [-0.25, -0.2) is 4.98 Å². The Morgan fingerprint density at radius 3 is 2.85 bits per heavy atom. The predicted octanol–water partition coefficient (Wildman–Crippen LogP) is 2.04. The molecule has 0 spiro atoms. The van der Waals surface area contributed by atoms with E-state index in [2.05, 4.69) is 24.1 Å². The fourth-order valence-electron chi connectivity index (χ4n) is 1.01. The largest absolute Gasteiger partial charge is 0.396 e. The molecule has 0 aliphatic rings. The number of nitrogens with two attached hydrogens (primary N) is 1. The van der Waals surface area contributed by atoms with Crippen LogP contribution in [0, 0.1) is 12.8 Å². The van der Waals surface area contributed by atoms with Gasteiger partial charge in [-0.2, -0.15) is 0 Å². The molecule has 0 fully saturated rings. The van der Waals surface area contributed by atoms with E-state index in [1.807, 2.05) is 13.0 Å². The number of nitrogens with one attached hydrogen (secondary N) is 1. The van der Waals surface area contributed by atoms with Gasteiger partial charge in [0.05, 0.1) is 5.69 Å². The molecule has 3 N–H and O–H groups in total. The second-order valence-electron chi connectivity index (χ2n) is 3.66. The van der Waals surface area contributed by atoms with Crippen LogP contribution in [0.5, 0.6) is 0 Å². The minimum absolute atomic E-state index is 0.599. The van der Waals surface area contributed by atoms with E-state index in [4.69, 9.17) is 5.73 Å². The Hall–Kier alpha value is -1.25. The lowest BCUT2D eigenvalue weighted by atomic mass is 10.2. The molecule has 3 heteroatoms. The second kappa shape index (κ2) is 4.12. The molecular weight excluding hydrogens is 162 g/mol. The quantitative estimate of drug-likeness (QED) is 0.746. The first-order valence-electron chi connectivity index (χ1n) is 4.56. The van der Waals surface area contributed by atoms with E-state index in [9.17, 15) is 0 Å². The van der Waals surface area contributed by atoms with Crippen molar-refractivity contribution in [3.8, 4) is 0 Å². The minimum atomic E-state index is 0.599. The smallest absolute Gasteiger partial charge is 0.149 e. The molecule has 72 valence electrons. The van der Waals surface area contributed by atoms with E-state index >= 15 is 0 Å². The van der Waals surface area contributed by atoms with Crippen molar-refractivity contribution in [2.45, 2.75) is 20.8 Å². The predicted molar refractivity (Wildman–Crippen MR) is 56.7 cm³/mol. The van der Waals surface area contributed by atoms with Gasteiger partial charge in [-0.05, 0) is 24.5 Å². The molecular formula is C10H17N3. The summed E-state index contributed by atoms with van der Waals surface area (Å²) in [6.45, 7) is 7.19. The molecule has 1 aromatic rings. The van der Waals surface area contributed by atoms with E-state index in [1.54, 1.807) is 6.20 Å². The summed E-state index contributed by atoms with van der Waals surface area (Å²) in [5.74, 6) is 1.40. The van der Waals surface area contributed by atoms with Crippen LogP contribution in [0.25, 0.3) is 0 Å². The number of nitrogen functional groups attached to an aromatic ring is 1. The first kappa shape index (κ1) is 9.84. The highest BCUT2D eigenvalue weighted by atomic mass is 15.0. The first-order chi connectivity index (χ1) is 6.11. The summed E-state index contributed by atoms with van der Waals surface area (Å²) in [6, 6.07) is 1.91. The average molecular weight is 179 g/mol. The Bertz CT molecular complexity index is 281. The molecule has 0 aromatic carbocycles. The van der Waals surface area contributed by atoms with Gasteiger partial charge in [-0.3, -0.25) is 0 Å². The molecule has 0 aliphatic heterocycles. The maximum atomic E-state index is 5.84. The lowest BCUT2D eigenvalue weighted by Gasteiger charge is -2.11. The minimum Gasteiger partial charge on any atom is -0.396 e. The fraction of sp³-hybridized carbons (Fsp3) is 0.500. The van der Waals surface area contributed by atoms with Gasteiger partial charge in [0.25, 0.3) is 0 Å². The molecule has 0 amide bonds. The van der Waals surface area contributed by atoms with Crippen LogP contribution in [0.3, 0.4) is 0 Å². The van der Waals surface area contributed by atoms with Crippen molar-refractivity contribution in [2.24, 2.45) is 5.92 Å². The van der Waals surface area contributed by atoms with Crippen molar-refractivity contribution in [1.82, 2.24) is 4.98 Å². The van der Waals surface area contributed by atoms with E-state index in [-0.39, 0.29) is 0 Å². The van der Waals surface area contributed by atoms with Gasteiger partial charge in [-0.15, -0.1) is 0 Å². The van der Waals surface area contributed by atoms with Gasteiger partial charge in [0.2, 0.25) is 0 Å². The van der Waals surface area contributed by atoms with Crippen LogP contribution < -0.4 is 11.1 Å². The summed E-state index contributed by atoms with van der Waals surface area (Å²) >= 11 is 0. The molecule has 0 saturated heterocycles. The molecule has 0 radical (unpaired) electrons. The summed E-state index contributed by atoms with van der Waals surface area (Å²) in [5.41, 5.74) is 7.67. The Labute approximate surface area is 79.4 Å². The Morgan fingerprint density at radius 1 is 1.54 bits per heavy atom. The Balaban J connectivity index is 2.71. The maximum absolute atomic E-state index is 5.84. The molecule has 1 aromatic heterocycles. The standard InChI is InChI=1S/C10H17N3/c1-7(2)6-13-10-9(11)8(3)4-5-12-10/h4-5,7H,6,11H2,1-3H3,(H,12,13). The molecule has 13 heavy (non-hydrogen) atoms. The molecule has 3 nitrogen and oxygen atoms in total. The number of aryl methyl sites for hydroxylation is 1. The third kappa shape index (κ3) is 2.61. The highest BCUT2D eigenvalue weighted by Gasteiger charge is 2.02. The number of hydrogen-bond acceptors (Lipinski definition) is 3. The number of anilines is 2. The van der Waals surface area contributed by atoms with Crippen LogP contribution in [0.4, 0.5) is 11.5 Å². The van der Waals surface area contributed by atoms with Crippen molar-refractivity contribution in [1.29, 1.82) is 0 Å². The number of aromatic nitrogens is 1. The highest BCUT2D eigenvalue weighted by molar-refractivity contribution is 5.64. The molecule has 0 aliphatic carbocycles. The zero-order chi connectivity index (χ0) is 9.84. The zero-order valence-electron chi connectivity index (χ0n) is 8.46. The van der Waals surface area contributed by atoms with E-state index in [0.717, 1.165) is 23.6 Å². The maximum Gasteiger partial charge on any atom is 0.149 e. The van der Waals surface area contributed by atoms with Crippen LogP contribution in [0.2, 0.25) is 0 Å². The van der Waals surface area contributed by atoms with E-state index in [0.29, 0.717) is 5.92 Å². The van der Waals surface area contributed by atoms with E-state index in [1.165, 1.54) is 0 Å². The fourth-order valence-corrected chi connectivity index (χ4v) is 1.01. The highest BCUT2D eigenvalue weighted by Crippen LogP contribution is 2.18. The molecule has 0 saturated carbocycles. The third-order valence-corrected chi connectivity index (χ3v) is 1.89. The van der Waals surface area contributed by atoms with Crippen molar-refractivity contribution < 1.29 is 0 Å². The van der Waals surface area contributed by atoms with Gasteiger partial charge in [0, 0.05) is 12.7 Å². The van der Waals surface area contributed by atoms with Crippen molar-refractivity contribution >= 4 is 11.5 Å². The average Bonchev–Trinajstić information content (AvgIpc) is 2.07. The Morgan fingerprint density at radius 2 is 2.23 bits per heavy atom. The van der Waals surface area contributed by atoms with Crippen LogP contribution in [-0.4, -0.2) is 11.5 Å². The zero-order valence-corrected chi connectivity index (χ0v) is 8.46. The van der Waals surface area contributed by atoms with Crippen LogP contribution in [-0.2, 0) is 0 Å². The number of pyridine rings is 1. The third-order valence-electron chi connectivity index (χ3n) is 1.89. The molecule has 0 atom stereocenters. The van der Waals surface area contributed by atoms with Gasteiger partial charge < -0.3 is 11.1 Å². The monoisotopic (exact) mass is 179 g/mol. The lowest BCUT2D eigenvalue weighted by Crippen LogP contribution is -2.11. The van der Waals surface area contributed by atoms with Crippen LogP contribution in [0.15, 0.2) is 12.3 Å². The lowest BCUT2D eigenvalue weighted by molar-refractivity contribution is 0.687.